The molecule has 0 unspecified atom stereocenters. The summed E-state index contributed by atoms with van der Waals surface area (Å²) >= 11 is 0. The molecule has 0 bridgehead atoms. The third-order valence-electron chi connectivity index (χ3n) is 6.25. The lowest BCUT2D eigenvalue weighted by molar-refractivity contribution is -0.140. The summed E-state index contributed by atoms with van der Waals surface area (Å²) in [5, 5.41) is 3.31. The predicted molar refractivity (Wildman–Crippen MR) is 120 cm³/mol. The molecule has 1 aliphatic carbocycles. The van der Waals surface area contributed by atoms with Crippen molar-refractivity contribution in [1.29, 1.82) is 0 Å². The molecule has 0 spiro atoms. The zero-order valence-electron chi connectivity index (χ0n) is 18.6. The van der Waals surface area contributed by atoms with Crippen LogP contribution in [0.25, 0.3) is 0 Å². The number of benzene rings is 2. The second-order valence-corrected chi connectivity index (χ2v) is 8.30. The van der Waals surface area contributed by atoms with Crippen molar-refractivity contribution >= 4 is 11.8 Å². The number of dihydropyridines is 1. The van der Waals surface area contributed by atoms with Crippen LogP contribution in [-0.2, 0) is 20.9 Å². The van der Waals surface area contributed by atoms with E-state index < -0.39 is 11.9 Å². The van der Waals surface area contributed by atoms with Crippen molar-refractivity contribution < 1.29 is 28.5 Å². The lowest BCUT2D eigenvalue weighted by atomic mass is 9.75. The fraction of sp³-hybridized carbons (Fsp3) is 0.308. The fourth-order valence-corrected chi connectivity index (χ4v) is 4.63. The van der Waals surface area contributed by atoms with Crippen molar-refractivity contribution in [2.75, 3.05) is 13.9 Å². The Morgan fingerprint density at radius 3 is 2.67 bits per heavy atom. The molecule has 0 amide bonds. The highest BCUT2D eigenvalue weighted by molar-refractivity contribution is 6.03. The molecular formula is C26H25NO6. The van der Waals surface area contributed by atoms with Crippen molar-refractivity contribution in [1.82, 2.24) is 5.32 Å². The summed E-state index contributed by atoms with van der Waals surface area (Å²) in [5.41, 5.74) is 4.32. The van der Waals surface area contributed by atoms with E-state index in [9.17, 15) is 9.59 Å². The van der Waals surface area contributed by atoms with Gasteiger partial charge in [-0.05, 0) is 55.2 Å². The maximum Gasteiger partial charge on any atom is 0.337 e. The normalized spacial score (nSPS) is 19.2. The number of fused-ring (bicyclic) bond motifs is 1. The Balaban J connectivity index is 1.48. The van der Waals surface area contributed by atoms with Crippen LogP contribution in [0.15, 0.2) is 65.0 Å². The SMILES string of the molecule is COc1ccc(COC(=O)C2=C(C)NC3=C(C(=O)CCC3)[C@H]2c2ccc3c(c2)OCO3)cc1. The standard InChI is InChI=1S/C26H25NO6/c1-15-23(26(29)31-13-16-6-9-18(30-2)10-7-16)24(25-19(27-15)4-3-5-20(25)28)17-8-11-21-22(12-17)33-14-32-21/h6-12,24,27H,3-5,13-14H2,1-2H3/t24-/m0/s1. The van der Waals surface area contributed by atoms with Gasteiger partial charge in [-0.15, -0.1) is 0 Å². The maximum absolute atomic E-state index is 13.4. The minimum absolute atomic E-state index is 0.0550. The van der Waals surface area contributed by atoms with E-state index in [1.54, 1.807) is 7.11 Å². The Kier molecular flexibility index (Phi) is 5.54. The summed E-state index contributed by atoms with van der Waals surface area (Å²) in [7, 11) is 1.60. The van der Waals surface area contributed by atoms with Gasteiger partial charge in [0.2, 0.25) is 6.79 Å². The molecule has 3 aliphatic rings. The fourth-order valence-electron chi connectivity index (χ4n) is 4.63. The highest BCUT2D eigenvalue weighted by Gasteiger charge is 2.39. The lowest BCUT2D eigenvalue weighted by Crippen LogP contribution is -2.34. The number of Topliss-reactive ketones (excluding diaryl/α,β-unsaturated/α-hetero) is 1. The van der Waals surface area contributed by atoms with Crippen LogP contribution in [0.5, 0.6) is 17.2 Å². The summed E-state index contributed by atoms with van der Waals surface area (Å²) in [4.78, 5) is 26.4. The van der Waals surface area contributed by atoms with Crippen LogP contribution < -0.4 is 19.5 Å². The van der Waals surface area contributed by atoms with Gasteiger partial charge >= 0.3 is 5.97 Å². The first kappa shape index (κ1) is 21.1. The number of nitrogens with one attached hydrogen (secondary N) is 1. The minimum atomic E-state index is -0.521. The van der Waals surface area contributed by atoms with E-state index in [-0.39, 0.29) is 19.2 Å². The topological polar surface area (TPSA) is 83.1 Å². The molecule has 0 saturated heterocycles. The molecule has 5 rings (SSSR count). The molecule has 2 heterocycles. The third-order valence-corrected chi connectivity index (χ3v) is 6.25. The Bertz CT molecular complexity index is 1180. The molecular weight excluding hydrogens is 422 g/mol. The van der Waals surface area contributed by atoms with Gasteiger partial charge in [0.1, 0.15) is 12.4 Å². The summed E-state index contributed by atoms with van der Waals surface area (Å²) in [6, 6.07) is 12.9. The second kappa shape index (κ2) is 8.65. The van der Waals surface area contributed by atoms with Crippen molar-refractivity contribution in [3.05, 3.63) is 76.1 Å². The largest absolute Gasteiger partial charge is 0.497 e. The molecule has 2 aromatic rings. The van der Waals surface area contributed by atoms with Crippen molar-refractivity contribution in [3.63, 3.8) is 0 Å². The van der Waals surface area contributed by atoms with Gasteiger partial charge in [-0.25, -0.2) is 4.79 Å². The van der Waals surface area contributed by atoms with Gasteiger partial charge in [0.15, 0.2) is 17.3 Å². The number of hydrogen-bond donors (Lipinski definition) is 1. The highest BCUT2D eigenvalue weighted by Crippen LogP contribution is 2.45. The summed E-state index contributed by atoms with van der Waals surface area (Å²) in [5.74, 6) is 1.08. The molecule has 0 saturated carbocycles. The van der Waals surface area contributed by atoms with Crippen LogP contribution in [0.3, 0.4) is 0 Å². The molecule has 0 fully saturated rings. The first-order valence-electron chi connectivity index (χ1n) is 11.0. The van der Waals surface area contributed by atoms with Crippen LogP contribution in [0.1, 0.15) is 43.2 Å². The number of carbonyl (C=O) groups is 2. The smallest absolute Gasteiger partial charge is 0.337 e. The lowest BCUT2D eigenvalue weighted by Gasteiger charge is -2.34. The molecule has 7 heteroatoms. The number of carbonyl (C=O) groups excluding carboxylic acids is 2. The Labute approximate surface area is 192 Å². The molecule has 0 radical (unpaired) electrons. The molecule has 2 aliphatic heterocycles. The third kappa shape index (κ3) is 3.95. The number of hydrogen-bond acceptors (Lipinski definition) is 7. The van der Waals surface area contributed by atoms with Crippen molar-refractivity contribution in [2.45, 2.75) is 38.7 Å². The van der Waals surface area contributed by atoms with Gasteiger partial charge < -0.3 is 24.3 Å². The van der Waals surface area contributed by atoms with Crippen molar-refractivity contribution in [3.8, 4) is 17.2 Å². The van der Waals surface area contributed by atoms with Crippen LogP contribution in [0.4, 0.5) is 0 Å². The number of methoxy groups -OCH3 is 1. The van der Waals surface area contributed by atoms with Crippen LogP contribution >= 0.6 is 0 Å². The Hall–Kier alpha value is -3.74. The van der Waals surface area contributed by atoms with Gasteiger partial charge in [0.25, 0.3) is 0 Å². The zero-order valence-corrected chi connectivity index (χ0v) is 18.6. The van der Waals surface area contributed by atoms with Crippen LogP contribution in [-0.4, -0.2) is 25.7 Å². The summed E-state index contributed by atoms with van der Waals surface area (Å²) in [6.45, 7) is 2.13. The van der Waals surface area contributed by atoms with Gasteiger partial charge in [-0.1, -0.05) is 18.2 Å². The number of ketones is 1. The van der Waals surface area contributed by atoms with E-state index in [2.05, 4.69) is 5.32 Å². The number of ether oxygens (including phenoxy) is 4. The van der Waals surface area contributed by atoms with E-state index in [1.807, 2.05) is 49.4 Å². The quantitative estimate of drug-likeness (QED) is 0.690. The molecule has 33 heavy (non-hydrogen) atoms. The molecule has 2 aromatic carbocycles. The van der Waals surface area contributed by atoms with E-state index >= 15 is 0 Å². The maximum atomic E-state index is 13.4. The van der Waals surface area contributed by atoms with Gasteiger partial charge in [-0.3, -0.25) is 4.79 Å². The highest BCUT2D eigenvalue weighted by atomic mass is 16.7. The van der Waals surface area contributed by atoms with E-state index in [1.165, 1.54) is 0 Å². The monoisotopic (exact) mass is 447 g/mol. The van der Waals surface area contributed by atoms with Gasteiger partial charge in [0.05, 0.1) is 12.7 Å². The second-order valence-electron chi connectivity index (χ2n) is 8.30. The number of allylic oxidation sites excluding steroid dienone is 3. The van der Waals surface area contributed by atoms with E-state index in [4.69, 9.17) is 18.9 Å². The summed E-state index contributed by atoms with van der Waals surface area (Å²) in [6.07, 6.45) is 2.03. The van der Waals surface area contributed by atoms with Crippen LogP contribution in [0.2, 0.25) is 0 Å². The van der Waals surface area contributed by atoms with Gasteiger partial charge in [0, 0.05) is 29.3 Å². The zero-order chi connectivity index (χ0) is 22.9. The molecule has 7 nitrogen and oxygen atoms in total. The number of rotatable bonds is 5. The predicted octanol–water partition coefficient (Wildman–Crippen LogP) is 4.14. The molecule has 0 aromatic heterocycles. The van der Waals surface area contributed by atoms with Gasteiger partial charge in [-0.2, -0.15) is 0 Å². The first-order valence-corrected chi connectivity index (χ1v) is 11.0. The van der Waals surface area contributed by atoms with E-state index in [0.717, 1.165) is 35.4 Å². The average molecular weight is 447 g/mol. The average Bonchev–Trinajstić information content (AvgIpc) is 3.30. The minimum Gasteiger partial charge on any atom is -0.497 e. The summed E-state index contributed by atoms with van der Waals surface area (Å²) < 4.78 is 21.9. The first-order chi connectivity index (χ1) is 16.0. The van der Waals surface area contributed by atoms with Crippen molar-refractivity contribution in [2.24, 2.45) is 0 Å². The van der Waals surface area contributed by atoms with E-state index in [0.29, 0.717) is 34.8 Å². The Morgan fingerprint density at radius 1 is 1.09 bits per heavy atom. The molecule has 1 atom stereocenters. The molecule has 170 valence electrons. The molecule has 1 N–H and O–H groups in total. The van der Waals surface area contributed by atoms with Crippen LogP contribution in [0, 0.1) is 0 Å². The Morgan fingerprint density at radius 2 is 1.88 bits per heavy atom. The number of esters is 1.